The third-order valence-electron chi connectivity index (χ3n) is 1.92. The molecule has 0 spiro atoms. The van der Waals surface area contributed by atoms with Gasteiger partial charge in [0.1, 0.15) is 5.52 Å². The highest BCUT2D eigenvalue weighted by atomic mass is 16.3. The van der Waals surface area contributed by atoms with Crippen LogP contribution in [0.3, 0.4) is 0 Å². The van der Waals surface area contributed by atoms with Crippen molar-refractivity contribution in [3.63, 3.8) is 0 Å². The molecule has 3 aromatic heterocycles. The summed E-state index contributed by atoms with van der Waals surface area (Å²) in [5.41, 5.74) is 2.13. The molecular formula is C9H5N3O. The minimum atomic E-state index is 0.538. The molecule has 3 aromatic rings. The minimum Gasteiger partial charge on any atom is -0.435 e. The lowest BCUT2D eigenvalue weighted by Crippen LogP contribution is -1.77. The maximum atomic E-state index is 5.42. The van der Waals surface area contributed by atoms with Crippen LogP contribution < -0.4 is 0 Å². The Balaban J connectivity index is 2.64. The zero-order valence-corrected chi connectivity index (χ0v) is 6.64. The Kier molecular flexibility index (Phi) is 1.14. The number of rotatable bonds is 0. The van der Waals surface area contributed by atoms with Gasteiger partial charge in [-0.2, -0.15) is 5.10 Å². The van der Waals surface area contributed by atoms with Crippen LogP contribution >= 0.6 is 0 Å². The average Bonchev–Trinajstić information content (AvgIpc) is 2.56. The number of pyridine rings is 1. The van der Waals surface area contributed by atoms with Crippen LogP contribution in [0.2, 0.25) is 0 Å². The molecule has 62 valence electrons. The summed E-state index contributed by atoms with van der Waals surface area (Å²) in [7, 11) is 0. The summed E-state index contributed by atoms with van der Waals surface area (Å²) in [6.45, 7) is 0. The number of nitrogens with zero attached hydrogens (tertiary/aromatic N) is 3. The monoisotopic (exact) mass is 171 g/mol. The van der Waals surface area contributed by atoms with Gasteiger partial charge in [-0.05, 0) is 18.2 Å². The molecule has 0 aliphatic rings. The van der Waals surface area contributed by atoms with E-state index in [1.165, 1.54) is 0 Å². The first-order chi connectivity index (χ1) is 6.45. The van der Waals surface area contributed by atoms with Gasteiger partial charge in [0.05, 0.1) is 11.6 Å². The minimum absolute atomic E-state index is 0.538. The Hall–Kier alpha value is -1.97. The van der Waals surface area contributed by atoms with Gasteiger partial charge in [0.25, 0.3) is 0 Å². The first kappa shape index (κ1) is 6.54. The van der Waals surface area contributed by atoms with E-state index in [0.29, 0.717) is 5.71 Å². The second-order valence-corrected chi connectivity index (χ2v) is 2.70. The number of furan rings is 1. The predicted octanol–water partition coefficient (Wildman–Crippen LogP) is 1.77. The van der Waals surface area contributed by atoms with Crippen molar-refractivity contribution in [3.8, 4) is 0 Å². The zero-order valence-electron chi connectivity index (χ0n) is 6.64. The molecule has 0 fully saturated rings. The molecule has 0 radical (unpaired) electrons. The van der Waals surface area contributed by atoms with E-state index in [4.69, 9.17) is 4.42 Å². The van der Waals surface area contributed by atoms with E-state index >= 15 is 0 Å². The molecule has 0 aliphatic carbocycles. The standard InChI is InChI=1S/C9H5N3O/c1-2-7-8(10-4-1)6-3-5-11-12-9(6)13-7/h1-5H. The molecule has 4 heteroatoms. The highest BCUT2D eigenvalue weighted by Crippen LogP contribution is 2.23. The fourth-order valence-corrected chi connectivity index (χ4v) is 1.35. The fourth-order valence-electron chi connectivity index (χ4n) is 1.35. The van der Waals surface area contributed by atoms with Crippen molar-refractivity contribution in [1.82, 2.24) is 15.2 Å². The van der Waals surface area contributed by atoms with Gasteiger partial charge in [-0.3, -0.25) is 4.98 Å². The molecule has 0 aliphatic heterocycles. The van der Waals surface area contributed by atoms with E-state index in [9.17, 15) is 0 Å². The van der Waals surface area contributed by atoms with E-state index < -0.39 is 0 Å². The van der Waals surface area contributed by atoms with E-state index in [1.54, 1.807) is 12.4 Å². The topological polar surface area (TPSA) is 51.8 Å². The largest absolute Gasteiger partial charge is 0.435 e. The third-order valence-corrected chi connectivity index (χ3v) is 1.92. The maximum absolute atomic E-state index is 5.42. The Labute approximate surface area is 73.2 Å². The Morgan fingerprint density at radius 3 is 3.15 bits per heavy atom. The van der Waals surface area contributed by atoms with Crippen LogP contribution in [0.4, 0.5) is 0 Å². The van der Waals surface area contributed by atoms with Crippen molar-refractivity contribution >= 4 is 22.2 Å². The summed E-state index contributed by atoms with van der Waals surface area (Å²) in [4.78, 5) is 4.21. The Morgan fingerprint density at radius 1 is 1.15 bits per heavy atom. The van der Waals surface area contributed by atoms with Gasteiger partial charge in [-0.15, -0.1) is 5.10 Å². The smallest absolute Gasteiger partial charge is 0.248 e. The first-order valence-electron chi connectivity index (χ1n) is 3.90. The van der Waals surface area contributed by atoms with Gasteiger partial charge in [0.15, 0.2) is 5.58 Å². The zero-order chi connectivity index (χ0) is 8.67. The van der Waals surface area contributed by atoms with Crippen LogP contribution in [0, 0.1) is 0 Å². The Bertz CT molecular complexity index is 523. The fraction of sp³-hybridized carbons (Fsp3) is 0. The molecule has 13 heavy (non-hydrogen) atoms. The summed E-state index contributed by atoms with van der Waals surface area (Å²) in [5, 5.41) is 8.51. The summed E-state index contributed by atoms with van der Waals surface area (Å²) in [6.07, 6.45) is 3.36. The van der Waals surface area contributed by atoms with Crippen LogP contribution in [0.1, 0.15) is 0 Å². The molecule has 0 amide bonds. The molecular weight excluding hydrogens is 166 g/mol. The molecule has 0 aromatic carbocycles. The van der Waals surface area contributed by atoms with Gasteiger partial charge in [0, 0.05) is 6.20 Å². The lowest BCUT2D eigenvalue weighted by Gasteiger charge is -1.83. The van der Waals surface area contributed by atoms with Crippen molar-refractivity contribution < 1.29 is 4.42 Å². The van der Waals surface area contributed by atoms with Crippen molar-refractivity contribution in [2.45, 2.75) is 0 Å². The highest BCUT2D eigenvalue weighted by Gasteiger charge is 2.06. The summed E-state index contributed by atoms with van der Waals surface area (Å²) < 4.78 is 5.42. The molecule has 0 saturated heterocycles. The van der Waals surface area contributed by atoms with E-state index in [0.717, 1.165) is 16.5 Å². The molecule has 3 rings (SSSR count). The molecule has 4 nitrogen and oxygen atoms in total. The Morgan fingerprint density at radius 2 is 2.15 bits per heavy atom. The normalized spacial score (nSPS) is 11.1. The number of aromatic nitrogens is 3. The molecule has 3 heterocycles. The summed E-state index contributed by atoms with van der Waals surface area (Å²) >= 11 is 0. The highest BCUT2D eigenvalue weighted by molar-refractivity contribution is 6.00. The van der Waals surface area contributed by atoms with Gasteiger partial charge < -0.3 is 4.42 Å². The van der Waals surface area contributed by atoms with Crippen LogP contribution in [0.15, 0.2) is 35.0 Å². The number of hydrogen-bond donors (Lipinski definition) is 0. The average molecular weight is 171 g/mol. The van der Waals surface area contributed by atoms with Crippen molar-refractivity contribution in [2.75, 3.05) is 0 Å². The second kappa shape index (κ2) is 2.26. The van der Waals surface area contributed by atoms with Crippen LogP contribution in [-0.2, 0) is 0 Å². The quantitative estimate of drug-likeness (QED) is 0.517. The van der Waals surface area contributed by atoms with E-state index in [1.807, 2.05) is 18.2 Å². The van der Waals surface area contributed by atoms with Crippen LogP contribution in [-0.4, -0.2) is 15.2 Å². The molecule has 0 bridgehead atoms. The molecule has 0 saturated carbocycles. The lowest BCUT2D eigenvalue weighted by molar-refractivity contribution is 0.645. The predicted molar refractivity (Wildman–Crippen MR) is 47.1 cm³/mol. The van der Waals surface area contributed by atoms with Gasteiger partial charge in [0.2, 0.25) is 5.71 Å². The lowest BCUT2D eigenvalue weighted by atomic mass is 10.3. The summed E-state index contributed by atoms with van der Waals surface area (Å²) in [5.74, 6) is 0. The molecule has 0 unspecified atom stereocenters. The van der Waals surface area contributed by atoms with Crippen LogP contribution in [0.5, 0.6) is 0 Å². The van der Waals surface area contributed by atoms with Gasteiger partial charge in [-0.25, -0.2) is 0 Å². The number of fused-ring (bicyclic) bond motifs is 3. The maximum Gasteiger partial charge on any atom is 0.248 e. The third kappa shape index (κ3) is 0.823. The summed E-state index contributed by atoms with van der Waals surface area (Å²) in [6, 6.07) is 5.54. The van der Waals surface area contributed by atoms with Crippen molar-refractivity contribution in [2.24, 2.45) is 0 Å². The van der Waals surface area contributed by atoms with E-state index in [-0.39, 0.29) is 0 Å². The first-order valence-corrected chi connectivity index (χ1v) is 3.90. The number of hydrogen-bond acceptors (Lipinski definition) is 4. The molecule has 0 atom stereocenters. The van der Waals surface area contributed by atoms with Crippen LogP contribution in [0.25, 0.3) is 22.2 Å². The van der Waals surface area contributed by atoms with E-state index in [2.05, 4.69) is 15.2 Å². The second-order valence-electron chi connectivity index (χ2n) is 2.70. The van der Waals surface area contributed by atoms with Gasteiger partial charge in [-0.1, -0.05) is 0 Å². The SMILES string of the molecule is c1cnc2c(c1)oc1nnccc12. The molecule has 0 N–H and O–H groups in total. The van der Waals surface area contributed by atoms with Crippen molar-refractivity contribution in [1.29, 1.82) is 0 Å². The van der Waals surface area contributed by atoms with Crippen molar-refractivity contribution in [3.05, 3.63) is 30.6 Å². The van der Waals surface area contributed by atoms with Gasteiger partial charge >= 0.3 is 0 Å².